The molecule has 0 spiro atoms. The lowest BCUT2D eigenvalue weighted by Gasteiger charge is -2.30. The third-order valence-electron chi connectivity index (χ3n) is 4.54. The minimum Gasteiger partial charge on any atom is -0.327 e. The number of halogens is 6. The van der Waals surface area contributed by atoms with Crippen molar-refractivity contribution in [3.8, 4) is 0 Å². The number of benzene rings is 2. The fraction of sp³-hybridized carbons (Fsp3) is 0.200. The summed E-state index contributed by atoms with van der Waals surface area (Å²) in [7, 11) is 0. The number of alkyl halides is 6. The molecule has 0 bridgehead atoms. The highest BCUT2D eigenvalue weighted by molar-refractivity contribution is 6.06. The summed E-state index contributed by atoms with van der Waals surface area (Å²) in [6.07, 6.45) is -9.41. The third-order valence-corrected chi connectivity index (χ3v) is 4.54. The van der Waals surface area contributed by atoms with E-state index in [2.05, 4.69) is 16.0 Å². The quantitative estimate of drug-likeness (QED) is 0.585. The lowest BCUT2D eigenvalue weighted by Crippen LogP contribution is -2.46. The average molecular weight is 443 g/mol. The zero-order chi connectivity index (χ0) is 23.0. The first-order valence-corrected chi connectivity index (χ1v) is 8.81. The topological polar surface area (TPSA) is 70.2 Å². The molecule has 0 aromatic heterocycles. The van der Waals surface area contributed by atoms with Gasteiger partial charge in [-0.25, -0.2) is 4.79 Å². The van der Waals surface area contributed by atoms with Gasteiger partial charge in [0.1, 0.15) is 0 Å². The Kier molecular flexibility index (Phi) is 5.70. The lowest BCUT2D eigenvalue weighted by atomic mass is 9.91. The number of carbonyl (C=O) groups is 2. The van der Waals surface area contributed by atoms with Crippen LogP contribution in [0, 0.1) is 0 Å². The second kappa shape index (κ2) is 7.97. The second-order valence-electron chi connectivity index (χ2n) is 6.69. The van der Waals surface area contributed by atoms with Crippen LogP contribution in [0.15, 0.2) is 59.8 Å². The molecule has 1 heterocycles. The Bertz CT molecular complexity index is 1060. The molecule has 1 aliphatic heterocycles. The van der Waals surface area contributed by atoms with Crippen LogP contribution < -0.4 is 16.0 Å². The molecule has 0 saturated carbocycles. The fourth-order valence-corrected chi connectivity index (χ4v) is 3.21. The molecule has 2 aromatic carbocycles. The van der Waals surface area contributed by atoms with Crippen molar-refractivity contribution in [1.29, 1.82) is 0 Å². The number of hydrogen-bond donors (Lipinski definition) is 3. The molecule has 1 aliphatic rings. The average Bonchev–Trinajstić information content (AvgIpc) is 2.66. The van der Waals surface area contributed by atoms with E-state index in [-0.39, 0.29) is 22.5 Å². The van der Waals surface area contributed by atoms with E-state index in [9.17, 15) is 35.9 Å². The molecular formula is C20H15F6N3O2. The maximum Gasteiger partial charge on any atom is 0.416 e. The predicted octanol–water partition coefficient (Wildman–Crippen LogP) is 4.99. The van der Waals surface area contributed by atoms with Crippen molar-refractivity contribution in [2.45, 2.75) is 25.3 Å². The van der Waals surface area contributed by atoms with Gasteiger partial charge in [-0.15, -0.1) is 0 Å². The number of carbonyl (C=O) groups excluding carboxylic acids is 2. The van der Waals surface area contributed by atoms with Crippen LogP contribution in [0.5, 0.6) is 0 Å². The molecule has 1 unspecified atom stereocenters. The molecule has 0 aliphatic carbocycles. The molecular weight excluding hydrogens is 428 g/mol. The highest BCUT2D eigenvalue weighted by Crippen LogP contribution is 2.38. The highest BCUT2D eigenvalue weighted by Gasteiger charge is 2.39. The van der Waals surface area contributed by atoms with Gasteiger partial charge < -0.3 is 16.0 Å². The summed E-state index contributed by atoms with van der Waals surface area (Å²) in [5, 5.41) is 6.83. The summed E-state index contributed by atoms with van der Waals surface area (Å²) in [6.45, 7) is 1.31. The van der Waals surface area contributed by atoms with Crippen LogP contribution in [0.3, 0.4) is 0 Å². The van der Waals surface area contributed by atoms with E-state index in [4.69, 9.17) is 0 Å². The minimum atomic E-state index is -4.76. The summed E-state index contributed by atoms with van der Waals surface area (Å²) in [6, 6.07) is 5.89. The first kappa shape index (κ1) is 22.2. The van der Waals surface area contributed by atoms with Crippen LogP contribution in [-0.2, 0) is 17.1 Å². The smallest absolute Gasteiger partial charge is 0.327 e. The summed E-state index contributed by atoms with van der Waals surface area (Å²) < 4.78 is 79.2. The molecule has 5 nitrogen and oxygen atoms in total. The van der Waals surface area contributed by atoms with Crippen molar-refractivity contribution < 1.29 is 35.9 Å². The molecule has 0 radical (unpaired) electrons. The van der Waals surface area contributed by atoms with Gasteiger partial charge in [-0.05, 0) is 36.8 Å². The maximum absolute atomic E-state index is 13.5. The van der Waals surface area contributed by atoms with E-state index in [1.54, 1.807) is 0 Å². The van der Waals surface area contributed by atoms with Crippen molar-refractivity contribution in [1.82, 2.24) is 10.6 Å². The van der Waals surface area contributed by atoms with Gasteiger partial charge in [0.15, 0.2) is 0 Å². The number of urea groups is 1. The van der Waals surface area contributed by atoms with Crippen molar-refractivity contribution in [3.63, 3.8) is 0 Å². The van der Waals surface area contributed by atoms with Gasteiger partial charge in [0, 0.05) is 11.4 Å². The van der Waals surface area contributed by atoms with Crippen molar-refractivity contribution in [2.75, 3.05) is 5.32 Å². The zero-order valence-corrected chi connectivity index (χ0v) is 15.8. The predicted molar refractivity (Wildman–Crippen MR) is 98.6 cm³/mol. The van der Waals surface area contributed by atoms with E-state index < -0.39 is 41.5 Å². The molecule has 1 atom stereocenters. The normalized spacial score (nSPS) is 17.1. The molecule has 31 heavy (non-hydrogen) atoms. The number of hydrogen-bond acceptors (Lipinski definition) is 2. The van der Waals surface area contributed by atoms with E-state index >= 15 is 0 Å². The number of anilines is 1. The Hall–Kier alpha value is -3.50. The molecule has 2 aromatic rings. The Morgan fingerprint density at radius 2 is 1.65 bits per heavy atom. The first-order chi connectivity index (χ1) is 14.4. The molecule has 3 amide bonds. The van der Waals surface area contributed by atoms with Gasteiger partial charge in [0.25, 0.3) is 5.91 Å². The SMILES string of the molecule is CC1=C(C(=O)Nc2cccc(C(F)(F)F)c2)C(c2ccccc2C(F)(F)F)NC(=O)N1. The number of nitrogens with one attached hydrogen (secondary N) is 3. The molecule has 0 saturated heterocycles. The Labute approximate surface area is 172 Å². The second-order valence-corrected chi connectivity index (χ2v) is 6.69. The zero-order valence-electron chi connectivity index (χ0n) is 15.8. The summed E-state index contributed by atoms with van der Waals surface area (Å²) >= 11 is 0. The number of amides is 3. The van der Waals surface area contributed by atoms with Gasteiger partial charge in [-0.2, -0.15) is 26.3 Å². The van der Waals surface area contributed by atoms with Crippen LogP contribution in [0.4, 0.5) is 36.8 Å². The number of rotatable bonds is 3. The fourth-order valence-electron chi connectivity index (χ4n) is 3.21. The van der Waals surface area contributed by atoms with Crippen molar-refractivity contribution in [2.24, 2.45) is 0 Å². The Balaban J connectivity index is 2.01. The standard InChI is InChI=1S/C20H15F6N3O2/c1-10-15(17(30)28-12-6-4-5-11(9-12)19(21,22)23)16(29-18(31)27-10)13-7-2-3-8-14(13)20(24,25)26/h2-9,16H,1H3,(H,28,30)(H2,27,29,31). The Morgan fingerprint density at radius 3 is 2.29 bits per heavy atom. The third kappa shape index (κ3) is 4.81. The highest BCUT2D eigenvalue weighted by atomic mass is 19.4. The lowest BCUT2D eigenvalue weighted by molar-refractivity contribution is -0.138. The first-order valence-electron chi connectivity index (χ1n) is 8.81. The van der Waals surface area contributed by atoms with Crippen molar-refractivity contribution in [3.05, 3.63) is 76.5 Å². The minimum absolute atomic E-state index is 0.0322. The molecule has 3 rings (SSSR count). The van der Waals surface area contributed by atoms with Crippen LogP contribution in [0.1, 0.15) is 29.7 Å². The van der Waals surface area contributed by atoms with E-state index in [1.807, 2.05) is 0 Å². The van der Waals surface area contributed by atoms with E-state index in [0.29, 0.717) is 6.07 Å². The molecule has 0 fully saturated rings. The summed E-state index contributed by atoms with van der Waals surface area (Å²) in [4.78, 5) is 24.8. The van der Waals surface area contributed by atoms with Crippen LogP contribution in [0.2, 0.25) is 0 Å². The molecule has 11 heteroatoms. The maximum atomic E-state index is 13.5. The summed E-state index contributed by atoms with van der Waals surface area (Å²) in [5.41, 5.74) is -2.95. The number of allylic oxidation sites excluding steroid dienone is 1. The molecule has 3 N–H and O–H groups in total. The van der Waals surface area contributed by atoms with E-state index in [0.717, 1.165) is 30.3 Å². The molecule has 164 valence electrons. The van der Waals surface area contributed by atoms with E-state index in [1.165, 1.54) is 19.1 Å². The monoisotopic (exact) mass is 443 g/mol. The van der Waals surface area contributed by atoms with Crippen LogP contribution >= 0.6 is 0 Å². The van der Waals surface area contributed by atoms with Gasteiger partial charge in [-0.1, -0.05) is 24.3 Å². The van der Waals surface area contributed by atoms with Gasteiger partial charge in [0.2, 0.25) is 0 Å². The van der Waals surface area contributed by atoms with Crippen molar-refractivity contribution >= 4 is 17.6 Å². The van der Waals surface area contributed by atoms with Crippen LogP contribution in [-0.4, -0.2) is 11.9 Å². The van der Waals surface area contributed by atoms with Crippen LogP contribution in [0.25, 0.3) is 0 Å². The largest absolute Gasteiger partial charge is 0.416 e. The van der Waals surface area contributed by atoms with Gasteiger partial charge >= 0.3 is 18.4 Å². The van der Waals surface area contributed by atoms with Gasteiger partial charge in [0.05, 0.1) is 22.7 Å². The van der Waals surface area contributed by atoms with Gasteiger partial charge in [-0.3, -0.25) is 4.79 Å². The summed E-state index contributed by atoms with van der Waals surface area (Å²) in [5.74, 6) is -0.966. The Morgan fingerprint density at radius 1 is 0.968 bits per heavy atom.